The van der Waals surface area contributed by atoms with Gasteiger partial charge in [0.2, 0.25) is 11.8 Å². The Kier molecular flexibility index (Phi) is 5.75. The van der Waals surface area contributed by atoms with Crippen LogP contribution in [0.1, 0.15) is 18.2 Å². The fraction of sp³-hybridized carbons (Fsp3) is 0.333. The van der Waals surface area contributed by atoms with Gasteiger partial charge in [-0.15, -0.1) is 11.8 Å². The van der Waals surface area contributed by atoms with Gasteiger partial charge in [0.15, 0.2) is 5.82 Å². The highest BCUT2D eigenvalue weighted by molar-refractivity contribution is 8.01. The third kappa shape index (κ3) is 5.10. The Morgan fingerprint density at radius 3 is 2.78 bits per heavy atom. The molecule has 2 amide bonds. The number of nitrogens with one attached hydrogen (secondary N) is 2. The third-order valence-electron chi connectivity index (χ3n) is 2.98. The van der Waals surface area contributed by atoms with Crippen molar-refractivity contribution in [2.75, 3.05) is 16.4 Å². The lowest BCUT2D eigenvalue weighted by Gasteiger charge is -2.11. The summed E-state index contributed by atoms with van der Waals surface area (Å²) in [5.41, 5.74) is 0.887. The van der Waals surface area contributed by atoms with E-state index in [-0.39, 0.29) is 17.6 Å². The third-order valence-corrected chi connectivity index (χ3v) is 4.12. The molecule has 8 heteroatoms. The van der Waals surface area contributed by atoms with Crippen LogP contribution in [0.4, 0.5) is 11.6 Å². The fourth-order valence-electron chi connectivity index (χ4n) is 1.71. The van der Waals surface area contributed by atoms with E-state index in [0.29, 0.717) is 17.4 Å². The minimum absolute atomic E-state index is 0.155. The molecule has 23 heavy (non-hydrogen) atoms. The molecule has 0 aromatic carbocycles. The number of pyridine rings is 1. The lowest BCUT2D eigenvalue weighted by atomic mass is 10.3. The second-order valence-corrected chi connectivity index (χ2v) is 6.31. The van der Waals surface area contributed by atoms with Crippen LogP contribution in [-0.4, -0.2) is 33.0 Å². The van der Waals surface area contributed by atoms with Gasteiger partial charge < -0.3 is 15.2 Å². The van der Waals surface area contributed by atoms with Crippen molar-refractivity contribution >= 4 is 35.2 Å². The predicted octanol–water partition coefficient (Wildman–Crippen LogP) is 2.39. The summed E-state index contributed by atoms with van der Waals surface area (Å²) in [6.45, 7) is 5.34. The van der Waals surface area contributed by atoms with Crippen molar-refractivity contribution in [3.05, 3.63) is 35.7 Å². The largest absolute Gasteiger partial charge is 0.360 e. The average Bonchev–Trinajstić information content (AvgIpc) is 2.92. The summed E-state index contributed by atoms with van der Waals surface area (Å²) in [6, 6.07) is 5.30. The van der Waals surface area contributed by atoms with Gasteiger partial charge in [0.05, 0.1) is 11.0 Å². The highest BCUT2D eigenvalue weighted by atomic mass is 32.2. The lowest BCUT2D eigenvalue weighted by Crippen LogP contribution is -2.25. The van der Waals surface area contributed by atoms with E-state index in [1.54, 1.807) is 32.2 Å². The van der Waals surface area contributed by atoms with Crippen LogP contribution in [0.2, 0.25) is 0 Å². The molecule has 0 saturated carbocycles. The Hall–Kier alpha value is -2.35. The van der Waals surface area contributed by atoms with Crippen LogP contribution < -0.4 is 10.6 Å². The van der Waals surface area contributed by atoms with Gasteiger partial charge in [-0.05, 0) is 32.4 Å². The minimum Gasteiger partial charge on any atom is -0.360 e. The molecule has 7 nitrogen and oxygen atoms in total. The van der Waals surface area contributed by atoms with Gasteiger partial charge in [-0.2, -0.15) is 0 Å². The van der Waals surface area contributed by atoms with Gasteiger partial charge >= 0.3 is 0 Å². The monoisotopic (exact) mass is 334 g/mol. The minimum atomic E-state index is -0.400. The molecule has 0 bridgehead atoms. The number of carbonyl (C=O) groups excluding carboxylic acids is 2. The number of rotatable bonds is 6. The van der Waals surface area contributed by atoms with Crippen LogP contribution in [0.25, 0.3) is 0 Å². The van der Waals surface area contributed by atoms with Crippen molar-refractivity contribution in [1.29, 1.82) is 0 Å². The van der Waals surface area contributed by atoms with Crippen molar-refractivity contribution in [1.82, 2.24) is 10.1 Å². The molecule has 0 unspecified atom stereocenters. The number of aryl methyl sites for hydroxylation is 2. The maximum Gasteiger partial charge on any atom is 0.238 e. The molecule has 2 N–H and O–H groups in total. The highest BCUT2D eigenvalue weighted by Crippen LogP contribution is 2.15. The summed E-state index contributed by atoms with van der Waals surface area (Å²) < 4.78 is 4.88. The van der Waals surface area contributed by atoms with Gasteiger partial charge in [0.25, 0.3) is 0 Å². The predicted molar refractivity (Wildman–Crippen MR) is 89.4 cm³/mol. The summed E-state index contributed by atoms with van der Waals surface area (Å²) >= 11 is 1.23. The highest BCUT2D eigenvalue weighted by Gasteiger charge is 2.17. The molecule has 0 spiro atoms. The molecule has 2 heterocycles. The number of carbonyl (C=O) groups is 2. The Morgan fingerprint density at radius 2 is 2.13 bits per heavy atom. The first kappa shape index (κ1) is 17.0. The molecule has 0 radical (unpaired) electrons. The first-order valence-corrected chi connectivity index (χ1v) is 8.08. The second kappa shape index (κ2) is 7.77. The molecule has 2 aromatic heterocycles. The molecular weight excluding hydrogens is 316 g/mol. The molecule has 1 atom stereocenters. The SMILES string of the molecule is Cc1cc(NC(=O)[C@@H](C)SCC(=O)Nc2ncccc2C)no1. The molecule has 0 aliphatic carbocycles. The number of amides is 2. The smallest absolute Gasteiger partial charge is 0.238 e. The maximum absolute atomic E-state index is 12.0. The Bertz CT molecular complexity index is 702. The number of thioether (sulfide) groups is 1. The van der Waals surface area contributed by atoms with Gasteiger partial charge in [0, 0.05) is 12.3 Å². The molecule has 0 aliphatic rings. The van der Waals surface area contributed by atoms with Crippen molar-refractivity contribution in [2.45, 2.75) is 26.0 Å². The quantitative estimate of drug-likeness (QED) is 0.842. The van der Waals surface area contributed by atoms with Gasteiger partial charge in [0.1, 0.15) is 11.6 Å². The number of hydrogen-bond acceptors (Lipinski definition) is 6. The van der Waals surface area contributed by atoms with Crippen LogP contribution in [-0.2, 0) is 9.59 Å². The lowest BCUT2D eigenvalue weighted by molar-refractivity contribution is -0.115. The second-order valence-electron chi connectivity index (χ2n) is 4.98. The first-order valence-electron chi connectivity index (χ1n) is 7.03. The van der Waals surface area contributed by atoms with Crippen molar-refractivity contribution in [3.8, 4) is 0 Å². The zero-order valence-electron chi connectivity index (χ0n) is 13.1. The Morgan fingerprint density at radius 1 is 1.35 bits per heavy atom. The molecule has 0 saturated heterocycles. The van der Waals surface area contributed by atoms with E-state index in [2.05, 4.69) is 20.8 Å². The van der Waals surface area contributed by atoms with Crippen molar-refractivity contribution in [3.63, 3.8) is 0 Å². The number of nitrogens with zero attached hydrogens (tertiary/aromatic N) is 2. The fourth-order valence-corrected chi connectivity index (χ4v) is 2.40. The average molecular weight is 334 g/mol. The van der Waals surface area contributed by atoms with E-state index in [0.717, 1.165) is 5.56 Å². The number of hydrogen-bond donors (Lipinski definition) is 2. The van der Waals surface area contributed by atoms with Gasteiger partial charge in [-0.3, -0.25) is 9.59 Å². The normalized spacial score (nSPS) is 11.8. The standard InChI is InChI=1S/C15H18N4O3S/c1-9-5-4-6-16-14(9)18-13(20)8-23-11(3)15(21)17-12-7-10(2)22-19-12/h4-7,11H,8H2,1-3H3,(H,16,18,20)(H,17,19,21)/t11-/m1/s1. The van der Waals surface area contributed by atoms with Crippen molar-refractivity contribution in [2.24, 2.45) is 0 Å². The molecule has 122 valence electrons. The summed E-state index contributed by atoms with van der Waals surface area (Å²) in [5, 5.41) is 8.66. The number of anilines is 2. The molecular formula is C15H18N4O3S. The van der Waals surface area contributed by atoms with Crippen LogP contribution in [0.15, 0.2) is 28.9 Å². The zero-order valence-corrected chi connectivity index (χ0v) is 13.9. The zero-order chi connectivity index (χ0) is 16.8. The van der Waals surface area contributed by atoms with Crippen LogP contribution in [0, 0.1) is 13.8 Å². The van der Waals surface area contributed by atoms with Gasteiger partial charge in [-0.25, -0.2) is 4.98 Å². The Labute approximate surface area is 138 Å². The molecule has 0 fully saturated rings. The molecule has 0 aliphatic heterocycles. The summed E-state index contributed by atoms with van der Waals surface area (Å²) in [7, 11) is 0. The Balaban J connectivity index is 1.79. The topological polar surface area (TPSA) is 97.1 Å². The van der Waals surface area contributed by atoms with Gasteiger partial charge in [-0.1, -0.05) is 11.2 Å². The van der Waals surface area contributed by atoms with E-state index in [9.17, 15) is 9.59 Å². The van der Waals surface area contributed by atoms with E-state index in [1.807, 2.05) is 13.0 Å². The summed E-state index contributed by atoms with van der Waals surface area (Å²) in [6.07, 6.45) is 1.62. The van der Waals surface area contributed by atoms with E-state index < -0.39 is 5.25 Å². The maximum atomic E-state index is 12.0. The van der Waals surface area contributed by atoms with E-state index >= 15 is 0 Å². The van der Waals surface area contributed by atoms with Crippen LogP contribution in [0.5, 0.6) is 0 Å². The summed E-state index contributed by atoms with van der Waals surface area (Å²) in [5.74, 6) is 1.24. The summed E-state index contributed by atoms with van der Waals surface area (Å²) in [4.78, 5) is 28.0. The van der Waals surface area contributed by atoms with E-state index in [1.165, 1.54) is 11.8 Å². The van der Waals surface area contributed by atoms with Crippen molar-refractivity contribution < 1.29 is 14.1 Å². The van der Waals surface area contributed by atoms with Crippen LogP contribution in [0.3, 0.4) is 0 Å². The molecule has 2 rings (SSSR count). The van der Waals surface area contributed by atoms with Crippen LogP contribution >= 0.6 is 11.8 Å². The first-order chi connectivity index (χ1) is 11.0. The number of aromatic nitrogens is 2. The van der Waals surface area contributed by atoms with E-state index in [4.69, 9.17) is 4.52 Å². The molecule has 2 aromatic rings.